The summed E-state index contributed by atoms with van der Waals surface area (Å²) in [6.45, 7) is 3.26. The number of nitrogens with one attached hydrogen (secondary N) is 1. The molecule has 20 heavy (non-hydrogen) atoms. The number of benzene rings is 1. The molecule has 1 aromatic heterocycles. The fourth-order valence-corrected chi connectivity index (χ4v) is 1.82. The van der Waals surface area contributed by atoms with E-state index in [0.29, 0.717) is 18.1 Å². The van der Waals surface area contributed by atoms with Crippen molar-refractivity contribution in [1.29, 1.82) is 0 Å². The van der Waals surface area contributed by atoms with Gasteiger partial charge >= 0.3 is 5.97 Å². The van der Waals surface area contributed by atoms with E-state index in [1.54, 1.807) is 6.92 Å². The molecule has 0 bridgehead atoms. The number of aromatic nitrogens is 2. The molecule has 0 unspecified atom stereocenters. The minimum Gasteiger partial charge on any atom is -0.481 e. The Morgan fingerprint density at radius 2 is 2.00 bits per heavy atom. The van der Waals surface area contributed by atoms with Crippen LogP contribution in [0.5, 0.6) is 0 Å². The third-order valence-electron chi connectivity index (χ3n) is 2.79. The van der Waals surface area contributed by atoms with E-state index in [9.17, 15) is 4.79 Å². The summed E-state index contributed by atoms with van der Waals surface area (Å²) >= 11 is 0. The summed E-state index contributed by atoms with van der Waals surface area (Å²) in [6.07, 6.45) is 0.752. The number of hydrogen-bond acceptors (Lipinski definition) is 5. The van der Waals surface area contributed by atoms with Crippen LogP contribution in [0.15, 0.2) is 28.8 Å². The first-order chi connectivity index (χ1) is 9.63. The van der Waals surface area contributed by atoms with Crippen molar-refractivity contribution >= 4 is 5.97 Å². The minimum absolute atomic E-state index is 0.0597. The van der Waals surface area contributed by atoms with Gasteiger partial charge in [-0.1, -0.05) is 29.4 Å². The van der Waals surface area contributed by atoms with Crippen molar-refractivity contribution in [1.82, 2.24) is 15.5 Å². The third kappa shape index (κ3) is 4.47. The van der Waals surface area contributed by atoms with Gasteiger partial charge in [0.1, 0.15) is 0 Å². The van der Waals surface area contributed by atoms with Crippen LogP contribution in [0.4, 0.5) is 0 Å². The Bertz CT molecular complexity index is 563. The SMILES string of the molecule is Cc1noc(CCNCc2ccc(CC(=O)O)cc2)n1. The molecule has 0 spiro atoms. The lowest BCUT2D eigenvalue weighted by Gasteiger charge is -2.04. The van der Waals surface area contributed by atoms with E-state index in [4.69, 9.17) is 9.63 Å². The van der Waals surface area contributed by atoms with Gasteiger partial charge in [-0.3, -0.25) is 4.79 Å². The number of aliphatic carboxylic acids is 1. The van der Waals surface area contributed by atoms with E-state index < -0.39 is 5.97 Å². The average molecular weight is 275 g/mol. The van der Waals surface area contributed by atoms with E-state index in [1.165, 1.54) is 0 Å². The van der Waals surface area contributed by atoms with Gasteiger partial charge in [0.05, 0.1) is 6.42 Å². The van der Waals surface area contributed by atoms with Crippen molar-refractivity contribution in [2.45, 2.75) is 26.3 Å². The van der Waals surface area contributed by atoms with Crippen molar-refractivity contribution in [2.75, 3.05) is 6.54 Å². The van der Waals surface area contributed by atoms with Gasteiger partial charge in [0.15, 0.2) is 5.82 Å². The van der Waals surface area contributed by atoms with Crippen LogP contribution < -0.4 is 5.32 Å². The highest BCUT2D eigenvalue weighted by Gasteiger charge is 2.02. The molecule has 6 nitrogen and oxygen atoms in total. The molecule has 2 aromatic rings. The van der Waals surface area contributed by atoms with E-state index in [0.717, 1.165) is 24.2 Å². The molecule has 1 heterocycles. The van der Waals surface area contributed by atoms with Crippen LogP contribution in [-0.2, 0) is 24.2 Å². The van der Waals surface area contributed by atoms with Gasteiger partial charge in [-0.15, -0.1) is 0 Å². The van der Waals surface area contributed by atoms with Crippen LogP contribution in [0, 0.1) is 6.92 Å². The van der Waals surface area contributed by atoms with Crippen molar-refractivity contribution < 1.29 is 14.4 Å². The highest BCUT2D eigenvalue weighted by atomic mass is 16.5. The van der Waals surface area contributed by atoms with Gasteiger partial charge < -0.3 is 14.9 Å². The predicted octanol–water partition coefficient (Wildman–Crippen LogP) is 1.34. The molecular weight excluding hydrogens is 258 g/mol. The highest BCUT2D eigenvalue weighted by Crippen LogP contribution is 2.05. The molecule has 1 aromatic carbocycles. The maximum atomic E-state index is 10.6. The Hall–Kier alpha value is -2.21. The number of carboxylic acid groups (broad SMARTS) is 1. The first-order valence-corrected chi connectivity index (χ1v) is 6.43. The average Bonchev–Trinajstić information content (AvgIpc) is 2.82. The van der Waals surface area contributed by atoms with Crippen molar-refractivity contribution in [2.24, 2.45) is 0 Å². The minimum atomic E-state index is -0.814. The summed E-state index contributed by atoms with van der Waals surface area (Å²) in [5.41, 5.74) is 1.92. The highest BCUT2D eigenvalue weighted by molar-refractivity contribution is 5.70. The summed E-state index contributed by atoms with van der Waals surface area (Å²) in [7, 11) is 0. The molecule has 0 aliphatic heterocycles. The van der Waals surface area contributed by atoms with Gasteiger partial charge in [-0.2, -0.15) is 4.98 Å². The maximum Gasteiger partial charge on any atom is 0.307 e. The van der Waals surface area contributed by atoms with Crippen molar-refractivity contribution in [3.05, 3.63) is 47.1 Å². The fourth-order valence-electron chi connectivity index (χ4n) is 1.82. The summed E-state index contributed by atoms with van der Waals surface area (Å²) < 4.78 is 5.01. The third-order valence-corrected chi connectivity index (χ3v) is 2.79. The molecule has 0 saturated carbocycles. The molecular formula is C14H17N3O3. The second kappa shape index (κ2) is 6.81. The first-order valence-electron chi connectivity index (χ1n) is 6.43. The zero-order chi connectivity index (χ0) is 14.4. The summed E-state index contributed by atoms with van der Waals surface area (Å²) in [5, 5.41) is 15.7. The topological polar surface area (TPSA) is 88.2 Å². The Labute approximate surface area is 116 Å². The number of aryl methyl sites for hydroxylation is 1. The molecule has 0 saturated heterocycles. The lowest BCUT2D eigenvalue weighted by molar-refractivity contribution is -0.136. The lowest BCUT2D eigenvalue weighted by Crippen LogP contribution is -2.16. The normalized spacial score (nSPS) is 10.7. The number of nitrogens with zero attached hydrogens (tertiary/aromatic N) is 2. The van der Waals surface area contributed by atoms with Crippen molar-refractivity contribution in [3.8, 4) is 0 Å². The second-order valence-corrected chi connectivity index (χ2v) is 4.55. The number of carbonyl (C=O) groups is 1. The maximum absolute atomic E-state index is 10.6. The van der Waals surface area contributed by atoms with Crippen LogP contribution in [-0.4, -0.2) is 27.8 Å². The number of carboxylic acids is 1. The molecule has 0 aliphatic carbocycles. The van der Waals surface area contributed by atoms with E-state index >= 15 is 0 Å². The largest absolute Gasteiger partial charge is 0.481 e. The number of hydrogen-bond donors (Lipinski definition) is 2. The Kier molecular flexibility index (Phi) is 4.84. The fraction of sp³-hybridized carbons (Fsp3) is 0.357. The van der Waals surface area contributed by atoms with Gasteiger partial charge in [-0.25, -0.2) is 0 Å². The smallest absolute Gasteiger partial charge is 0.307 e. The molecule has 106 valence electrons. The standard InChI is InChI=1S/C14H17N3O3/c1-10-16-13(20-17-10)6-7-15-9-12-4-2-11(3-5-12)8-14(18)19/h2-5,15H,6-9H2,1H3,(H,18,19). The van der Waals surface area contributed by atoms with Gasteiger partial charge in [0, 0.05) is 19.5 Å². The van der Waals surface area contributed by atoms with Gasteiger partial charge in [0.2, 0.25) is 5.89 Å². The lowest BCUT2D eigenvalue weighted by atomic mass is 10.1. The van der Waals surface area contributed by atoms with Crippen LogP contribution in [0.1, 0.15) is 22.8 Å². The monoisotopic (exact) mass is 275 g/mol. The molecule has 2 rings (SSSR count). The summed E-state index contributed by atoms with van der Waals surface area (Å²) in [4.78, 5) is 14.7. The van der Waals surface area contributed by atoms with E-state index in [2.05, 4.69) is 15.5 Å². The molecule has 0 radical (unpaired) electrons. The quantitative estimate of drug-likeness (QED) is 0.741. The van der Waals surface area contributed by atoms with Crippen LogP contribution >= 0.6 is 0 Å². The first kappa shape index (κ1) is 14.2. The summed E-state index contributed by atoms with van der Waals surface area (Å²) in [6, 6.07) is 7.54. The Morgan fingerprint density at radius 1 is 1.30 bits per heavy atom. The van der Waals surface area contributed by atoms with Crippen LogP contribution in [0.25, 0.3) is 0 Å². The molecule has 2 N–H and O–H groups in total. The molecule has 0 aliphatic rings. The molecule has 0 atom stereocenters. The van der Waals surface area contributed by atoms with Crippen molar-refractivity contribution in [3.63, 3.8) is 0 Å². The molecule has 6 heteroatoms. The molecule has 0 amide bonds. The zero-order valence-corrected chi connectivity index (χ0v) is 11.3. The van der Waals surface area contributed by atoms with Crippen LogP contribution in [0.3, 0.4) is 0 Å². The Morgan fingerprint density at radius 3 is 2.60 bits per heavy atom. The Balaban J connectivity index is 1.72. The second-order valence-electron chi connectivity index (χ2n) is 4.55. The van der Waals surface area contributed by atoms with E-state index in [-0.39, 0.29) is 6.42 Å². The zero-order valence-electron chi connectivity index (χ0n) is 11.3. The van der Waals surface area contributed by atoms with Gasteiger partial charge in [-0.05, 0) is 18.1 Å². The van der Waals surface area contributed by atoms with Crippen LogP contribution in [0.2, 0.25) is 0 Å². The van der Waals surface area contributed by atoms with Gasteiger partial charge in [0.25, 0.3) is 0 Å². The predicted molar refractivity (Wildman–Crippen MR) is 72.2 cm³/mol. The van der Waals surface area contributed by atoms with E-state index in [1.807, 2.05) is 24.3 Å². The summed E-state index contributed by atoms with van der Waals surface area (Å²) in [5.74, 6) is 0.464. The number of rotatable bonds is 7. The molecule has 0 fully saturated rings.